The number of hydrogen-bond acceptors (Lipinski definition) is 2. The summed E-state index contributed by atoms with van der Waals surface area (Å²) in [6.07, 6.45) is 3.80. The molecule has 15 heavy (non-hydrogen) atoms. The second-order valence-electron chi connectivity index (χ2n) is 5.29. The van der Waals surface area contributed by atoms with E-state index in [2.05, 4.69) is 13.8 Å². The molecule has 1 aliphatic carbocycles. The van der Waals surface area contributed by atoms with E-state index in [9.17, 15) is 5.11 Å². The Morgan fingerprint density at radius 1 is 1.27 bits per heavy atom. The van der Waals surface area contributed by atoms with Crippen molar-refractivity contribution in [3.8, 4) is 0 Å². The molecule has 0 saturated heterocycles. The van der Waals surface area contributed by atoms with Gasteiger partial charge in [0.25, 0.3) is 0 Å². The maximum absolute atomic E-state index is 10.6. The summed E-state index contributed by atoms with van der Waals surface area (Å²) in [5.74, 6) is 0. The van der Waals surface area contributed by atoms with Gasteiger partial charge in [0.2, 0.25) is 0 Å². The van der Waals surface area contributed by atoms with Gasteiger partial charge >= 0.3 is 0 Å². The number of rotatable bonds is 1. The van der Waals surface area contributed by atoms with Crippen molar-refractivity contribution in [1.29, 1.82) is 0 Å². The van der Waals surface area contributed by atoms with Crippen molar-refractivity contribution < 1.29 is 5.11 Å². The molecule has 0 amide bonds. The van der Waals surface area contributed by atoms with Crippen LogP contribution >= 0.6 is 22.9 Å². The Balaban J connectivity index is 2.20. The Bertz CT molecular complexity index is 346. The van der Waals surface area contributed by atoms with Crippen LogP contribution in [0.2, 0.25) is 5.02 Å². The Morgan fingerprint density at radius 2 is 1.87 bits per heavy atom. The zero-order valence-electron chi connectivity index (χ0n) is 9.22. The van der Waals surface area contributed by atoms with Gasteiger partial charge in [-0.1, -0.05) is 25.4 Å². The van der Waals surface area contributed by atoms with Crippen LogP contribution in [0, 0.1) is 5.41 Å². The highest BCUT2D eigenvalue weighted by Gasteiger charge is 2.39. The predicted molar refractivity (Wildman–Crippen MR) is 65.5 cm³/mol. The van der Waals surface area contributed by atoms with Gasteiger partial charge in [0.05, 0.1) is 9.90 Å². The molecule has 1 aromatic rings. The molecule has 3 heteroatoms. The van der Waals surface area contributed by atoms with Crippen molar-refractivity contribution in [3.63, 3.8) is 0 Å². The first-order chi connectivity index (χ1) is 6.93. The van der Waals surface area contributed by atoms with Crippen LogP contribution in [0.15, 0.2) is 11.4 Å². The standard InChI is InChI=1S/C12H17ClOS/c1-11(2)4-6-12(14,7-5-11)10-9(13)3-8-15-10/h3,8,14H,4-7H2,1-2H3. The van der Waals surface area contributed by atoms with E-state index in [0.29, 0.717) is 5.41 Å². The van der Waals surface area contributed by atoms with Crippen LogP contribution in [0.3, 0.4) is 0 Å². The van der Waals surface area contributed by atoms with E-state index in [0.717, 1.165) is 35.6 Å². The molecule has 1 aliphatic rings. The van der Waals surface area contributed by atoms with Gasteiger partial charge in [0.1, 0.15) is 5.60 Å². The summed E-state index contributed by atoms with van der Waals surface area (Å²) < 4.78 is 0. The summed E-state index contributed by atoms with van der Waals surface area (Å²) >= 11 is 7.66. The lowest BCUT2D eigenvalue weighted by atomic mass is 9.70. The minimum absolute atomic E-state index is 0.371. The lowest BCUT2D eigenvalue weighted by molar-refractivity contribution is -0.0275. The molecule has 0 spiro atoms. The summed E-state index contributed by atoms with van der Waals surface area (Å²) in [4.78, 5) is 0.958. The van der Waals surface area contributed by atoms with E-state index in [1.807, 2.05) is 11.4 Å². The molecule has 0 aliphatic heterocycles. The highest BCUT2D eigenvalue weighted by molar-refractivity contribution is 7.10. The highest BCUT2D eigenvalue weighted by atomic mass is 35.5. The quantitative estimate of drug-likeness (QED) is 0.786. The molecule has 1 nitrogen and oxygen atoms in total. The fraction of sp³-hybridized carbons (Fsp3) is 0.667. The third-order valence-corrected chi connectivity index (χ3v) is 5.01. The van der Waals surface area contributed by atoms with Gasteiger partial charge < -0.3 is 5.11 Å². The summed E-state index contributed by atoms with van der Waals surface area (Å²) in [5, 5.41) is 13.2. The van der Waals surface area contributed by atoms with Crippen molar-refractivity contribution in [1.82, 2.24) is 0 Å². The van der Waals surface area contributed by atoms with Gasteiger partial charge in [-0.25, -0.2) is 0 Å². The van der Waals surface area contributed by atoms with Crippen LogP contribution in [0.4, 0.5) is 0 Å². The number of hydrogen-bond donors (Lipinski definition) is 1. The average Bonchev–Trinajstić information content (AvgIpc) is 2.58. The van der Waals surface area contributed by atoms with Crippen molar-refractivity contribution >= 4 is 22.9 Å². The monoisotopic (exact) mass is 244 g/mol. The van der Waals surface area contributed by atoms with Gasteiger partial charge in [0.15, 0.2) is 0 Å². The second kappa shape index (κ2) is 3.76. The fourth-order valence-corrected chi connectivity index (χ4v) is 3.58. The van der Waals surface area contributed by atoms with Gasteiger partial charge in [0, 0.05) is 0 Å². The molecule has 0 aromatic carbocycles. The Morgan fingerprint density at radius 3 is 2.33 bits per heavy atom. The Labute approximate surface area is 100 Å². The SMILES string of the molecule is CC1(C)CCC(O)(c2sccc2Cl)CC1. The maximum Gasteiger partial charge on any atom is 0.100 e. The van der Waals surface area contributed by atoms with Crippen LogP contribution in [-0.4, -0.2) is 5.11 Å². The number of halogens is 1. The predicted octanol–water partition coefficient (Wildman–Crippen LogP) is 4.19. The molecule has 1 N–H and O–H groups in total. The van der Waals surface area contributed by atoms with Gasteiger partial charge in [-0.2, -0.15) is 0 Å². The highest BCUT2D eigenvalue weighted by Crippen LogP contribution is 2.48. The minimum Gasteiger partial charge on any atom is -0.384 e. The molecule has 0 unspecified atom stereocenters. The van der Waals surface area contributed by atoms with Crippen LogP contribution in [0.5, 0.6) is 0 Å². The summed E-state index contributed by atoms with van der Waals surface area (Å²) in [7, 11) is 0. The molecule has 0 bridgehead atoms. The van der Waals surface area contributed by atoms with Crippen LogP contribution < -0.4 is 0 Å². The topological polar surface area (TPSA) is 20.2 Å². The molecule has 1 heterocycles. The Hall–Kier alpha value is -0.0500. The van der Waals surface area contributed by atoms with Crippen molar-refractivity contribution in [3.05, 3.63) is 21.3 Å². The van der Waals surface area contributed by atoms with E-state index in [-0.39, 0.29) is 0 Å². The molecule has 0 atom stereocenters. The van der Waals surface area contributed by atoms with Crippen molar-refractivity contribution in [2.24, 2.45) is 5.41 Å². The molecule has 0 radical (unpaired) electrons. The molecule has 1 aromatic heterocycles. The average molecular weight is 245 g/mol. The Kier molecular flexibility index (Phi) is 2.87. The van der Waals surface area contributed by atoms with Crippen LogP contribution in [0.1, 0.15) is 44.4 Å². The number of aliphatic hydroxyl groups is 1. The zero-order valence-corrected chi connectivity index (χ0v) is 10.8. The van der Waals surface area contributed by atoms with Crippen LogP contribution in [0.25, 0.3) is 0 Å². The lowest BCUT2D eigenvalue weighted by Gasteiger charge is -2.39. The largest absolute Gasteiger partial charge is 0.384 e. The fourth-order valence-electron chi connectivity index (χ4n) is 2.19. The third kappa shape index (κ3) is 2.22. The molecular formula is C12H17ClOS. The first-order valence-corrected chi connectivity index (χ1v) is 6.65. The molecule has 84 valence electrons. The maximum atomic E-state index is 10.6. The van der Waals surface area contributed by atoms with E-state index >= 15 is 0 Å². The van der Waals surface area contributed by atoms with Gasteiger partial charge in [-0.3, -0.25) is 0 Å². The molecular weight excluding hydrogens is 228 g/mol. The van der Waals surface area contributed by atoms with Crippen LogP contribution in [-0.2, 0) is 5.60 Å². The molecule has 1 fully saturated rings. The van der Waals surface area contributed by atoms with Crippen molar-refractivity contribution in [2.75, 3.05) is 0 Å². The number of thiophene rings is 1. The molecule has 2 rings (SSSR count). The van der Waals surface area contributed by atoms with Gasteiger partial charge in [-0.05, 0) is 42.5 Å². The normalized spacial score (nSPS) is 24.0. The van der Waals surface area contributed by atoms with E-state index < -0.39 is 5.60 Å². The molecule has 1 saturated carbocycles. The summed E-state index contributed by atoms with van der Waals surface area (Å²) in [6.45, 7) is 4.53. The minimum atomic E-state index is -0.666. The summed E-state index contributed by atoms with van der Waals surface area (Å²) in [5.41, 5.74) is -0.295. The van der Waals surface area contributed by atoms with E-state index in [4.69, 9.17) is 11.6 Å². The zero-order chi connectivity index (χ0) is 11.1. The second-order valence-corrected chi connectivity index (χ2v) is 6.62. The lowest BCUT2D eigenvalue weighted by Crippen LogP contribution is -2.34. The first kappa shape index (κ1) is 11.4. The smallest absolute Gasteiger partial charge is 0.100 e. The third-order valence-electron chi connectivity index (χ3n) is 3.47. The van der Waals surface area contributed by atoms with E-state index in [1.165, 1.54) is 0 Å². The van der Waals surface area contributed by atoms with Crippen molar-refractivity contribution in [2.45, 2.75) is 45.1 Å². The van der Waals surface area contributed by atoms with Gasteiger partial charge in [-0.15, -0.1) is 11.3 Å². The summed E-state index contributed by atoms with van der Waals surface area (Å²) in [6, 6.07) is 1.87. The first-order valence-electron chi connectivity index (χ1n) is 5.39. The van der Waals surface area contributed by atoms with E-state index in [1.54, 1.807) is 11.3 Å².